The molecular formula is C10H14BrF3N2S. The lowest BCUT2D eigenvalue weighted by Gasteiger charge is -2.26. The van der Waals surface area contributed by atoms with Gasteiger partial charge in [0.15, 0.2) is 0 Å². The number of rotatable bonds is 5. The van der Waals surface area contributed by atoms with Crippen molar-refractivity contribution in [3.05, 3.63) is 20.8 Å². The molecule has 0 aliphatic rings. The molecule has 0 bridgehead atoms. The molecule has 0 amide bonds. The third kappa shape index (κ3) is 4.95. The molecular weight excluding hydrogens is 317 g/mol. The fourth-order valence-electron chi connectivity index (χ4n) is 1.48. The van der Waals surface area contributed by atoms with Crippen LogP contribution >= 0.6 is 27.3 Å². The van der Waals surface area contributed by atoms with Gasteiger partial charge >= 0.3 is 6.18 Å². The lowest BCUT2D eigenvalue weighted by Crippen LogP contribution is -2.32. The van der Waals surface area contributed by atoms with Gasteiger partial charge < -0.3 is 5.73 Å². The maximum Gasteiger partial charge on any atom is 0.390 e. The second-order valence-electron chi connectivity index (χ2n) is 3.74. The van der Waals surface area contributed by atoms with Gasteiger partial charge in [0.05, 0.1) is 16.2 Å². The summed E-state index contributed by atoms with van der Waals surface area (Å²) in [5.74, 6) is 0. The van der Waals surface area contributed by atoms with E-state index in [0.717, 1.165) is 8.66 Å². The van der Waals surface area contributed by atoms with Crippen LogP contribution in [0.4, 0.5) is 13.2 Å². The van der Waals surface area contributed by atoms with Crippen molar-refractivity contribution >= 4 is 27.3 Å². The Bertz CT molecular complexity index is 354. The predicted molar refractivity (Wildman–Crippen MR) is 67.1 cm³/mol. The van der Waals surface area contributed by atoms with Gasteiger partial charge in [-0.1, -0.05) is 0 Å². The lowest BCUT2D eigenvalue weighted by atomic mass is 10.2. The van der Waals surface area contributed by atoms with Crippen LogP contribution in [-0.2, 0) is 0 Å². The smallest absolute Gasteiger partial charge is 0.329 e. The van der Waals surface area contributed by atoms with Crippen LogP contribution < -0.4 is 5.73 Å². The molecule has 17 heavy (non-hydrogen) atoms. The van der Waals surface area contributed by atoms with Crippen LogP contribution in [0, 0.1) is 0 Å². The Hall–Kier alpha value is -0.110. The Labute approximate surface area is 111 Å². The van der Waals surface area contributed by atoms with Crippen LogP contribution in [0.5, 0.6) is 0 Å². The first-order valence-electron chi connectivity index (χ1n) is 5.06. The van der Waals surface area contributed by atoms with Crippen LogP contribution in [-0.4, -0.2) is 31.2 Å². The van der Waals surface area contributed by atoms with Gasteiger partial charge in [-0.15, -0.1) is 11.3 Å². The summed E-state index contributed by atoms with van der Waals surface area (Å²) < 4.78 is 37.3. The van der Waals surface area contributed by atoms with Crippen molar-refractivity contribution in [2.75, 3.05) is 20.1 Å². The minimum absolute atomic E-state index is 0.0408. The minimum atomic E-state index is -4.12. The quantitative estimate of drug-likeness (QED) is 0.896. The van der Waals surface area contributed by atoms with E-state index in [0.29, 0.717) is 6.54 Å². The van der Waals surface area contributed by atoms with Crippen molar-refractivity contribution in [1.82, 2.24) is 4.90 Å². The molecule has 1 heterocycles. The SMILES string of the molecule is CN(CCC(F)(F)F)C(CN)c1ccc(Br)s1. The summed E-state index contributed by atoms with van der Waals surface area (Å²) in [5.41, 5.74) is 5.62. The van der Waals surface area contributed by atoms with Gasteiger partial charge in [-0.05, 0) is 35.1 Å². The first-order chi connectivity index (χ1) is 7.83. The molecule has 0 fully saturated rings. The van der Waals surface area contributed by atoms with E-state index in [9.17, 15) is 13.2 Å². The molecule has 1 aromatic rings. The molecule has 1 aromatic heterocycles. The molecule has 98 valence electrons. The van der Waals surface area contributed by atoms with Crippen molar-refractivity contribution in [3.8, 4) is 0 Å². The highest BCUT2D eigenvalue weighted by atomic mass is 79.9. The second-order valence-corrected chi connectivity index (χ2v) is 6.23. The summed E-state index contributed by atoms with van der Waals surface area (Å²) in [6.07, 6.45) is -4.93. The van der Waals surface area contributed by atoms with E-state index >= 15 is 0 Å². The molecule has 0 aromatic carbocycles. The highest BCUT2D eigenvalue weighted by molar-refractivity contribution is 9.11. The summed E-state index contributed by atoms with van der Waals surface area (Å²) in [7, 11) is 1.66. The summed E-state index contributed by atoms with van der Waals surface area (Å²) >= 11 is 4.82. The van der Waals surface area contributed by atoms with E-state index in [2.05, 4.69) is 15.9 Å². The number of nitrogens with zero attached hydrogens (tertiary/aromatic N) is 1. The van der Waals surface area contributed by atoms with Gasteiger partial charge in [0.1, 0.15) is 0 Å². The van der Waals surface area contributed by atoms with Crippen molar-refractivity contribution in [2.24, 2.45) is 5.73 Å². The number of halogens is 4. The first kappa shape index (κ1) is 14.9. The number of nitrogens with two attached hydrogens (primary N) is 1. The number of alkyl halides is 3. The fourth-order valence-corrected chi connectivity index (χ4v) is 3.08. The van der Waals surface area contributed by atoms with Crippen LogP contribution in [0.2, 0.25) is 0 Å². The molecule has 7 heteroatoms. The topological polar surface area (TPSA) is 29.3 Å². The molecule has 1 rings (SSSR count). The van der Waals surface area contributed by atoms with Crippen molar-refractivity contribution in [2.45, 2.75) is 18.6 Å². The first-order valence-corrected chi connectivity index (χ1v) is 6.66. The zero-order valence-corrected chi connectivity index (χ0v) is 11.7. The number of hydrogen-bond acceptors (Lipinski definition) is 3. The monoisotopic (exact) mass is 330 g/mol. The van der Waals surface area contributed by atoms with E-state index in [-0.39, 0.29) is 12.6 Å². The summed E-state index contributed by atoms with van der Waals surface area (Å²) in [6, 6.07) is 3.60. The molecule has 2 N–H and O–H groups in total. The Kier molecular flexibility index (Phi) is 5.43. The molecule has 1 unspecified atom stereocenters. The third-order valence-electron chi connectivity index (χ3n) is 2.43. The van der Waals surface area contributed by atoms with Crippen LogP contribution in [0.1, 0.15) is 17.3 Å². The third-order valence-corrected chi connectivity index (χ3v) is 4.15. The average Bonchev–Trinajstić information content (AvgIpc) is 2.62. The molecule has 2 nitrogen and oxygen atoms in total. The van der Waals surface area contributed by atoms with E-state index < -0.39 is 12.6 Å². The number of thiophene rings is 1. The van der Waals surface area contributed by atoms with Gasteiger partial charge in [0, 0.05) is 18.0 Å². The molecule has 0 spiro atoms. The molecule has 0 saturated heterocycles. The van der Waals surface area contributed by atoms with E-state index in [4.69, 9.17) is 5.73 Å². The maximum absolute atomic E-state index is 12.1. The van der Waals surface area contributed by atoms with Gasteiger partial charge in [-0.25, -0.2) is 0 Å². The fraction of sp³-hybridized carbons (Fsp3) is 0.600. The van der Waals surface area contributed by atoms with E-state index in [1.165, 1.54) is 11.3 Å². The Balaban J connectivity index is 2.61. The van der Waals surface area contributed by atoms with Crippen molar-refractivity contribution < 1.29 is 13.2 Å². The van der Waals surface area contributed by atoms with E-state index in [1.54, 1.807) is 11.9 Å². The molecule has 0 aliphatic heterocycles. The molecule has 0 aliphatic carbocycles. The normalized spacial score (nSPS) is 14.3. The van der Waals surface area contributed by atoms with Crippen molar-refractivity contribution in [1.29, 1.82) is 0 Å². The Morgan fingerprint density at radius 1 is 1.47 bits per heavy atom. The average molecular weight is 331 g/mol. The Morgan fingerprint density at radius 3 is 2.53 bits per heavy atom. The highest BCUT2D eigenvalue weighted by Gasteiger charge is 2.28. The van der Waals surface area contributed by atoms with Gasteiger partial charge in [0.2, 0.25) is 0 Å². The standard InChI is InChI=1S/C10H14BrF3N2S/c1-16(5-4-10(12,13)14)7(6-15)8-2-3-9(11)17-8/h2-3,7H,4-6,15H2,1H3. The Morgan fingerprint density at radius 2 is 2.12 bits per heavy atom. The second kappa shape index (κ2) is 6.17. The molecule has 1 atom stereocenters. The largest absolute Gasteiger partial charge is 0.390 e. The van der Waals surface area contributed by atoms with Crippen LogP contribution in [0.25, 0.3) is 0 Å². The summed E-state index contributed by atoms with van der Waals surface area (Å²) in [6.45, 7) is 0.266. The summed E-state index contributed by atoms with van der Waals surface area (Å²) in [5, 5.41) is 0. The van der Waals surface area contributed by atoms with Crippen LogP contribution in [0.15, 0.2) is 15.9 Å². The van der Waals surface area contributed by atoms with Gasteiger partial charge in [-0.3, -0.25) is 4.90 Å². The zero-order valence-electron chi connectivity index (χ0n) is 9.30. The van der Waals surface area contributed by atoms with Crippen molar-refractivity contribution in [3.63, 3.8) is 0 Å². The predicted octanol–water partition coefficient (Wildman–Crippen LogP) is 3.39. The zero-order chi connectivity index (χ0) is 13.1. The number of likely N-dealkylation sites (N-methyl/N-ethyl adjacent to an activating group) is 1. The maximum atomic E-state index is 12.1. The molecule has 0 radical (unpaired) electrons. The van der Waals surface area contributed by atoms with Gasteiger partial charge in [-0.2, -0.15) is 13.2 Å². The number of hydrogen-bond donors (Lipinski definition) is 1. The summed E-state index contributed by atoms with van der Waals surface area (Å²) in [4.78, 5) is 2.62. The van der Waals surface area contributed by atoms with Crippen LogP contribution in [0.3, 0.4) is 0 Å². The lowest BCUT2D eigenvalue weighted by molar-refractivity contribution is -0.138. The van der Waals surface area contributed by atoms with E-state index in [1.807, 2.05) is 12.1 Å². The minimum Gasteiger partial charge on any atom is -0.329 e. The highest BCUT2D eigenvalue weighted by Crippen LogP contribution is 2.30. The molecule has 0 saturated carbocycles. The van der Waals surface area contributed by atoms with Gasteiger partial charge in [0.25, 0.3) is 0 Å².